The largest absolute Gasteiger partial charge is 0.374 e. The van der Waals surface area contributed by atoms with Crippen molar-refractivity contribution in [2.45, 2.75) is 19.1 Å². The molecule has 0 aromatic heterocycles. The minimum Gasteiger partial charge on any atom is -0.374 e. The number of ether oxygens (including phenoxy) is 1. The van der Waals surface area contributed by atoms with Crippen molar-refractivity contribution < 1.29 is 9.13 Å². The van der Waals surface area contributed by atoms with Crippen LogP contribution >= 0.6 is 11.6 Å². The van der Waals surface area contributed by atoms with E-state index in [1.54, 1.807) is 6.07 Å². The summed E-state index contributed by atoms with van der Waals surface area (Å²) in [4.78, 5) is 2.32. The van der Waals surface area contributed by atoms with Crippen LogP contribution in [0.25, 0.3) is 0 Å². The summed E-state index contributed by atoms with van der Waals surface area (Å²) in [5.74, 6) is -0.307. The molecule has 2 unspecified atom stereocenters. The lowest BCUT2D eigenvalue weighted by atomic mass is 9.97. The van der Waals surface area contributed by atoms with Crippen molar-refractivity contribution in [1.82, 2.24) is 10.2 Å². The number of benzene rings is 1. The van der Waals surface area contributed by atoms with Gasteiger partial charge in [-0.25, -0.2) is 4.39 Å². The number of likely N-dealkylation sites (N-methyl/N-ethyl adjacent to an activating group) is 2. The summed E-state index contributed by atoms with van der Waals surface area (Å²) in [6.45, 7) is 5.37. The molecular weight excluding hydrogens is 267 g/mol. The summed E-state index contributed by atoms with van der Waals surface area (Å²) in [7, 11) is 1.90. The SMILES string of the molecule is CCN1CCOC(CNC)C1c1ccc(F)cc1Cl. The maximum absolute atomic E-state index is 13.2. The molecule has 0 saturated carbocycles. The lowest BCUT2D eigenvalue weighted by Crippen LogP contribution is -2.48. The highest BCUT2D eigenvalue weighted by Gasteiger charge is 2.33. The fraction of sp³-hybridized carbons (Fsp3) is 0.571. The van der Waals surface area contributed by atoms with Crippen LogP contribution in [0.1, 0.15) is 18.5 Å². The summed E-state index contributed by atoms with van der Waals surface area (Å²) >= 11 is 6.21. The summed E-state index contributed by atoms with van der Waals surface area (Å²) < 4.78 is 19.0. The molecule has 0 spiro atoms. The van der Waals surface area contributed by atoms with E-state index in [4.69, 9.17) is 16.3 Å². The molecule has 1 saturated heterocycles. The third-order valence-corrected chi connectivity index (χ3v) is 3.88. The molecule has 19 heavy (non-hydrogen) atoms. The lowest BCUT2D eigenvalue weighted by Gasteiger charge is -2.41. The molecule has 2 atom stereocenters. The van der Waals surface area contributed by atoms with Crippen molar-refractivity contribution in [3.8, 4) is 0 Å². The van der Waals surface area contributed by atoms with Crippen LogP contribution in [0.2, 0.25) is 5.02 Å². The first kappa shape index (κ1) is 14.7. The fourth-order valence-electron chi connectivity index (χ4n) is 2.65. The van der Waals surface area contributed by atoms with E-state index >= 15 is 0 Å². The predicted octanol–water partition coefficient (Wildman–Crippen LogP) is 2.46. The topological polar surface area (TPSA) is 24.5 Å². The van der Waals surface area contributed by atoms with E-state index in [9.17, 15) is 4.39 Å². The molecule has 0 bridgehead atoms. The van der Waals surface area contributed by atoms with Crippen LogP contribution in [0.3, 0.4) is 0 Å². The molecule has 2 rings (SSSR count). The second-order valence-electron chi connectivity index (χ2n) is 4.71. The maximum atomic E-state index is 13.2. The van der Waals surface area contributed by atoms with E-state index in [2.05, 4.69) is 17.1 Å². The quantitative estimate of drug-likeness (QED) is 0.920. The Balaban J connectivity index is 2.33. The van der Waals surface area contributed by atoms with Gasteiger partial charge in [0.15, 0.2) is 0 Å². The Morgan fingerprint density at radius 3 is 2.95 bits per heavy atom. The predicted molar refractivity (Wildman–Crippen MR) is 75.1 cm³/mol. The molecule has 3 nitrogen and oxygen atoms in total. The van der Waals surface area contributed by atoms with Crippen LogP contribution in [-0.4, -0.2) is 44.3 Å². The van der Waals surface area contributed by atoms with Gasteiger partial charge in [-0.3, -0.25) is 4.90 Å². The molecule has 1 aromatic rings. The lowest BCUT2D eigenvalue weighted by molar-refractivity contribution is -0.0686. The molecule has 5 heteroatoms. The van der Waals surface area contributed by atoms with Gasteiger partial charge in [-0.1, -0.05) is 24.6 Å². The monoisotopic (exact) mass is 286 g/mol. The minimum atomic E-state index is -0.307. The Morgan fingerprint density at radius 1 is 1.53 bits per heavy atom. The minimum absolute atomic E-state index is 0.0293. The zero-order chi connectivity index (χ0) is 13.8. The van der Waals surface area contributed by atoms with Crippen LogP contribution in [0.15, 0.2) is 18.2 Å². The average molecular weight is 287 g/mol. The molecule has 0 amide bonds. The van der Waals surface area contributed by atoms with Crippen LogP contribution in [-0.2, 0) is 4.74 Å². The molecule has 1 aromatic carbocycles. The Morgan fingerprint density at radius 2 is 2.32 bits per heavy atom. The van der Waals surface area contributed by atoms with Crippen molar-refractivity contribution in [3.63, 3.8) is 0 Å². The third kappa shape index (κ3) is 3.26. The average Bonchev–Trinajstić information content (AvgIpc) is 2.39. The number of hydrogen-bond acceptors (Lipinski definition) is 3. The van der Waals surface area contributed by atoms with Gasteiger partial charge in [0.1, 0.15) is 5.82 Å². The molecule has 1 fully saturated rings. The first-order valence-corrected chi connectivity index (χ1v) is 7.00. The first-order chi connectivity index (χ1) is 9.17. The van der Waals surface area contributed by atoms with Crippen LogP contribution in [0, 0.1) is 5.82 Å². The number of halogens is 2. The Bertz CT molecular complexity index is 428. The zero-order valence-corrected chi connectivity index (χ0v) is 12.1. The van der Waals surface area contributed by atoms with Crippen LogP contribution < -0.4 is 5.32 Å². The Labute approximate surface area is 118 Å². The van der Waals surface area contributed by atoms with E-state index in [1.165, 1.54) is 12.1 Å². The first-order valence-electron chi connectivity index (χ1n) is 6.62. The second kappa shape index (κ2) is 6.66. The Hall–Kier alpha value is -0.680. The van der Waals surface area contributed by atoms with Crippen molar-refractivity contribution >= 4 is 11.6 Å². The molecule has 1 aliphatic rings. The van der Waals surface area contributed by atoms with Gasteiger partial charge in [0.2, 0.25) is 0 Å². The van der Waals surface area contributed by atoms with Crippen molar-refractivity contribution in [1.29, 1.82) is 0 Å². The van der Waals surface area contributed by atoms with Gasteiger partial charge >= 0.3 is 0 Å². The van der Waals surface area contributed by atoms with E-state index in [0.717, 1.165) is 31.8 Å². The summed E-state index contributed by atoms with van der Waals surface area (Å²) in [5.41, 5.74) is 0.935. The molecule has 0 radical (unpaired) electrons. The molecule has 0 aliphatic carbocycles. The second-order valence-corrected chi connectivity index (χ2v) is 5.11. The van der Waals surface area contributed by atoms with E-state index in [1.807, 2.05) is 7.05 Å². The van der Waals surface area contributed by atoms with Crippen molar-refractivity contribution in [3.05, 3.63) is 34.6 Å². The van der Waals surface area contributed by atoms with Gasteiger partial charge in [0.25, 0.3) is 0 Å². The molecule has 106 valence electrons. The van der Waals surface area contributed by atoms with E-state index in [-0.39, 0.29) is 18.0 Å². The summed E-state index contributed by atoms with van der Waals surface area (Å²) in [5, 5.41) is 3.61. The summed E-state index contributed by atoms with van der Waals surface area (Å²) in [6, 6.07) is 4.66. The number of nitrogens with one attached hydrogen (secondary N) is 1. The number of nitrogens with zero attached hydrogens (tertiary/aromatic N) is 1. The van der Waals surface area contributed by atoms with E-state index in [0.29, 0.717) is 5.02 Å². The normalized spacial score (nSPS) is 24.6. The smallest absolute Gasteiger partial charge is 0.124 e. The highest BCUT2D eigenvalue weighted by atomic mass is 35.5. The highest BCUT2D eigenvalue weighted by molar-refractivity contribution is 6.31. The number of morpholine rings is 1. The number of hydrogen-bond donors (Lipinski definition) is 1. The van der Waals surface area contributed by atoms with Gasteiger partial charge < -0.3 is 10.1 Å². The fourth-order valence-corrected chi connectivity index (χ4v) is 2.93. The maximum Gasteiger partial charge on any atom is 0.124 e. The zero-order valence-electron chi connectivity index (χ0n) is 11.3. The van der Waals surface area contributed by atoms with Gasteiger partial charge in [-0.2, -0.15) is 0 Å². The van der Waals surface area contributed by atoms with Crippen LogP contribution in [0.4, 0.5) is 4.39 Å². The molecular formula is C14H20ClFN2O. The van der Waals surface area contributed by atoms with E-state index < -0.39 is 0 Å². The van der Waals surface area contributed by atoms with Gasteiger partial charge in [0.05, 0.1) is 18.8 Å². The van der Waals surface area contributed by atoms with Crippen molar-refractivity contribution in [2.24, 2.45) is 0 Å². The summed E-state index contributed by atoms with van der Waals surface area (Å²) in [6.07, 6.45) is 0.0293. The molecule has 1 aliphatic heterocycles. The van der Waals surface area contributed by atoms with Crippen molar-refractivity contribution in [2.75, 3.05) is 33.3 Å². The Kier molecular flexibility index (Phi) is 5.16. The highest BCUT2D eigenvalue weighted by Crippen LogP contribution is 2.33. The van der Waals surface area contributed by atoms with Gasteiger partial charge in [-0.15, -0.1) is 0 Å². The third-order valence-electron chi connectivity index (χ3n) is 3.55. The number of rotatable bonds is 4. The molecule has 1 heterocycles. The van der Waals surface area contributed by atoms with Gasteiger partial charge in [-0.05, 0) is 31.3 Å². The van der Waals surface area contributed by atoms with Gasteiger partial charge in [0, 0.05) is 18.1 Å². The van der Waals surface area contributed by atoms with Crippen LogP contribution in [0.5, 0.6) is 0 Å². The standard InChI is InChI=1S/C14H20ClFN2O/c1-3-18-6-7-19-13(9-17-2)14(18)11-5-4-10(16)8-12(11)15/h4-5,8,13-14,17H,3,6-7,9H2,1-2H3. The molecule has 1 N–H and O–H groups in total.